The van der Waals surface area contributed by atoms with Crippen molar-refractivity contribution < 1.29 is 18.7 Å². The van der Waals surface area contributed by atoms with Gasteiger partial charge in [0, 0.05) is 18.6 Å². The van der Waals surface area contributed by atoms with Crippen LogP contribution in [0.25, 0.3) is 5.57 Å². The highest BCUT2D eigenvalue weighted by molar-refractivity contribution is 5.91. The van der Waals surface area contributed by atoms with Gasteiger partial charge < -0.3 is 5.11 Å². The van der Waals surface area contributed by atoms with Gasteiger partial charge in [-0.2, -0.15) is 0 Å². The summed E-state index contributed by atoms with van der Waals surface area (Å²) in [6, 6.07) is 4.68. The van der Waals surface area contributed by atoms with Gasteiger partial charge in [-0.25, -0.2) is 13.6 Å². The Morgan fingerprint density at radius 1 is 1.41 bits per heavy atom. The van der Waals surface area contributed by atoms with Crippen molar-refractivity contribution in [1.29, 1.82) is 0 Å². The molecule has 0 radical (unpaired) electrons. The summed E-state index contributed by atoms with van der Waals surface area (Å²) >= 11 is 0. The Bertz CT molecular complexity index is 668. The van der Waals surface area contributed by atoms with Gasteiger partial charge in [0.1, 0.15) is 0 Å². The van der Waals surface area contributed by atoms with Crippen molar-refractivity contribution in [3.05, 3.63) is 41.0 Å². The van der Waals surface area contributed by atoms with E-state index in [-0.39, 0.29) is 16.9 Å². The number of halogens is 2. The lowest BCUT2D eigenvalue weighted by atomic mass is 9.80. The fraction of sp³-hybridized carbons (Fsp3) is 0.500. The van der Waals surface area contributed by atoms with Gasteiger partial charge in [-0.3, -0.25) is 0 Å². The van der Waals surface area contributed by atoms with Gasteiger partial charge >= 0.3 is 5.97 Å². The van der Waals surface area contributed by atoms with Crippen LogP contribution < -0.4 is 0 Å². The van der Waals surface area contributed by atoms with Gasteiger partial charge in [0.25, 0.3) is 5.92 Å². The van der Waals surface area contributed by atoms with E-state index >= 15 is 0 Å². The smallest absolute Gasteiger partial charge is 0.328 e. The first kappa shape index (κ1) is 15.2. The van der Waals surface area contributed by atoms with E-state index < -0.39 is 11.9 Å². The fourth-order valence-electron chi connectivity index (χ4n) is 3.83. The summed E-state index contributed by atoms with van der Waals surface area (Å²) in [5, 5.41) is 9.12. The predicted molar refractivity (Wildman–Crippen MR) is 80.9 cm³/mol. The molecular formula is C18H20F2O2. The molecule has 2 atom stereocenters. The van der Waals surface area contributed by atoms with E-state index in [0.717, 1.165) is 30.0 Å². The first-order valence-electron chi connectivity index (χ1n) is 7.56. The highest BCUT2D eigenvalue weighted by Gasteiger charge is 2.51. The first-order chi connectivity index (χ1) is 10.1. The number of fused-ring (bicyclic) bond motifs is 3. The maximum atomic E-state index is 13.6. The second-order valence-electron chi connectivity index (χ2n) is 7.31. The number of allylic oxidation sites excluding steroid dienone is 1. The minimum Gasteiger partial charge on any atom is -0.478 e. The summed E-state index contributed by atoms with van der Waals surface area (Å²) in [4.78, 5) is 11.1. The number of hydrogen-bond acceptors (Lipinski definition) is 1. The standard InChI is InChI=1S/C18H20F2O2/c1-17(2)9-10(6-16(21)22)12-5-4-11(18(3,19)20)7-13(12)14-8-15(14)17/h4-7,14-15H,8-9H2,1-3H3,(H,21,22)/b10-6+/t14?,15-/m1/s1. The number of carboxylic acid groups (broad SMARTS) is 1. The molecule has 22 heavy (non-hydrogen) atoms. The van der Waals surface area contributed by atoms with Gasteiger partial charge in [0.2, 0.25) is 0 Å². The van der Waals surface area contributed by atoms with Crippen LogP contribution in [0.15, 0.2) is 24.3 Å². The van der Waals surface area contributed by atoms with E-state index in [1.54, 1.807) is 12.1 Å². The summed E-state index contributed by atoms with van der Waals surface area (Å²) in [5.74, 6) is -3.16. The van der Waals surface area contributed by atoms with Gasteiger partial charge in [-0.1, -0.05) is 26.0 Å². The number of carbonyl (C=O) groups is 1. The van der Waals surface area contributed by atoms with Crippen molar-refractivity contribution in [3.63, 3.8) is 0 Å². The molecule has 1 unspecified atom stereocenters. The normalized spacial score (nSPS) is 27.8. The molecule has 1 N–H and O–H groups in total. The summed E-state index contributed by atoms with van der Waals surface area (Å²) in [6.45, 7) is 5.16. The van der Waals surface area contributed by atoms with E-state index in [1.807, 2.05) is 0 Å². The zero-order valence-electron chi connectivity index (χ0n) is 13.0. The lowest BCUT2D eigenvalue weighted by molar-refractivity contribution is -0.131. The molecule has 1 aromatic rings. The Hall–Kier alpha value is -1.71. The van der Waals surface area contributed by atoms with E-state index in [4.69, 9.17) is 5.11 Å². The molecule has 0 amide bonds. The third kappa shape index (κ3) is 2.55. The monoisotopic (exact) mass is 306 g/mol. The molecule has 0 saturated heterocycles. The second-order valence-corrected chi connectivity index (χ2v) is 7.31. The first-order valence-corrected chi connectivity index (χ1v) is 7.56. The molecule has 2 aliphatic carbocycles. The Morgan fingerprint density at radius 3 is 2.68 bits per heavy atom. The average Bonchev–Trinajstić information content (AvgIpc) is 3.15. The molecule has 2 nitrogen and oxygen atoms in total. The molecule has 0 spiro atoms. The Morgan fingerprint density at radius 2 is 2.09 bits per heavy atom. The van der Waals surface area contributed by atoms with Gasteiger partial charge in [-0.05, 0) is 52.9 Å². The van der Waals surface area contributed by atoms with E-state index in [9.17, 15) is 13.6 Å². The summed E-state index contributed by atoms with van der Waals surface area (Å²) in [5.41, 5.74) is 2.45. The molecule has 3 rings (SSSR count). The van der Waals surface area contributed by atoms with Crippen molar-refractivity contribution in [2.75, 3.05) is 0 Å². The quantitative estimate of drug-likeness (QED) is 0.797. The van der Waals surface area contributed by atoms with Crippen LogP contribution in [0.2, 0.25) is 0 Å². The topological polar surface area (TPSA) is 37.3 Å². The molecule has 0 bridgehead atoms. The fourth-order valence-corrected chi connectivity index (χ4v) is 3.83. The Kier molecular flexibility index (Phi) is 3.21. The van der Waals surface area contributed by atoms with E-state index in [0.29, 0.717) is 12.3 Å². The Labute approximate surface area is 128 Å². The highest BCUT2D eigenvalue weighted by atomic mass is 19.3. The van der Waals surface area contributed by atoms with Crippen molar-refractivity contribution >= 4 is 11.5 Å². The maximum absolute atomic E-state index is 13.6. The third-order valence-corrected chi connectivity index (χ3v) is 5.04. The van der Waals surface area contributed by atoms with Crippen molar-refractivity contribution in [2.24, 2.45) is 11.3 Å². The van der Waals surface area contributed by atoms with Crippen LogP contribution in [0.1, 0.15) is 56.2 Å². The number of carboxylic acids is 1. The van der Waals surface area contributed by atoms with Gasteiger partial charge in [0.15, 0.2) is 0 Å². The lowest BCUT2D eigenvalue weighted by Crippen LogP contribution is -2.14. The molecule has 4 heteroatoms. The average molecular weight is 306 g/mol. The lowest BCUT2D eigenvalue weighted by Gasteiger charge is -2.24. The van der Waals surface area contributed by atoms with Crippen LogP contribution in [-0.2, 0) is 10.7 Å². The SMILES string of the molecule is CC(F)(F)c1ccc2c(c1)C1C[C@H]1C(C)(C)C/C2=C\C(=O)O. The second kappa shape index (κ2) is 4.64. The number of alkyl halides is 2. The van der Waals surface area contributed by atoms with Crippen LogP contribution >= 0.6 is 0 Å². The van der Waals surface area contributed by atoms with Crippen LogP contribution in [0.4, 0.5) is 8.78 Å². The third-order valence-electron chi connectivity index (χ3n) is 5.04. The molecule has 0 aliphatic heterocycles. The summed E-state index contributed by atoms with van der Waals surface area (Å²) in [7, 11) is 0. The van der Waals surface area contributed by atoms with E-state index in [1.165, 1.54) is 12.1 Å². The van der Waals surface area contributed by atoms with Crippen LogP contribution in [-0.4, -0.2) is 11.1 Å². The number of rotatable bonds is 2. The van der Waals surface area contributed by atoms with Crippen molar-refractivity contribution in [3.8, 4) is 0 Å². The number of benzene rings is 1. The molecule has 0 aromatic heterocycles. The number of hydrogen-bond donors (Lipinski definition) is 1. The van der Waals surface area contributed by atoms with E-state index in [2.05, 4.69) is 13.8 Å². The molecule has 1 saturated carbocycles. The zero-order chi connectivity index (χ0) is 16.3. The summed E-state index contributed by atoms with van der Waals surface area (Å²) < 4.78 is 27.2. The van der Waals surface area contributed by atoms with Gasteiger partial charge in [0.05, 0.1) is 0 Å². The molecule has 1 aromatic carbocycles. The molecule has 2 aliphatic rings. The molecule has 118 valence electrons. The zero-order valence-corrected chi connectivity index (χ0v) is 13.0. The highest BCUT2D eigenvalue weighted by Crippen LogP contribution is 2.63. The van der Waals surface area contributed by atoms with Crippen molar-refractivity contribution in [2.45, 2.75) is 45.5 Å². The predicted octanol–water partition coefficient (Wildman–Crippen LogP) is 4.80. The van der Waals surface area contributed by atoms with Crippen LogP contribution in [0, 0.1) is 11.3 Å². The molecule has 0 heterocycles. The van der Waals surface area contributed by atoms with Gasteiger partial charge in [-0.15, -0.1) is 0 Å². The Balaban J connectivity index is 2.16. The van der Waals surface area contributed by atoms with Crippen LogP contribution in [0.5, 0.6) is 0 Å². The molecule has 1 fully saturated rings. The largest absolute Gasteiger partial charge is 0.478 e. The minimum absolute atomic E-state index is 0.00582. The minimum atomic E-state index is -2.88. The maximum Gasteiger partial charge on any atom is 0.328 e. The number of aliphatic carboxylic acids is 1. The molecular weight excluding hydrogens is 286 g/mol. The van der Waals surface area contributed by atoms with Crippen LogP contribution in [0.3, 0.4) is 0 Å². The van der Waals surface area contributed by atoms with Crippen molar-refractivity contribution in [1.82, 2.24) is 0 Å². The summed E-state index contributed by atoms with van der Waals surface area (Å²) in [6.07, 6.45) is 2.89.